The van der Waals surface area contributed by atoms with Gasteiger partial charge in [-0.2, -0.15) is 5.26 Å². The number of benzene rings is 1. The molecule has 0 aliphatic rings. The molecule has 0 amide bonds. The quantitative estimate of drug-likeness (QED) is 0.867. The van der Waals surface area contributed by atoms with Crippen molar-refractivity contribution in [3.05, 3.63) is 40.7 Å². The molecule has 2 aromatic rings. The Labute approximate surface area is 119 Å². The summed E-state index contributed by atoms with van der Waals surface area (Å²) in [5.74, 6) is -1.12. The van der Waals surface area contributed by atoms with Crippen molar-refractivity contribution in [3.63, 3.8) is 0 Å². The number of nitrogens with zero attached hydrogens (tertiary/aromatic N) is 4. The number of rotatable bonds is 5. The zero-order valence-electron chi connectivity index (χ0n) is 10.2. The molecule has 0 saturated carbocycles. The maximum atomic E-state index is 10.6. The number of halogens is 1. The van der Waals surface area contributed by atoms with Gasteiger partial charge in [-0.3, -0.25) is 0 Å². The second-order valence-corrected chi connectivity index (χ2v) is 4.31. The van der Waals surface area contributed by atoms with Gasteiger partial charge < -0.3 is 10.4 Å². The smallest absolute Gasteiger partial charge is 0.358 e. The summed E-state index contributed by atoms with van der Waals surface area (Å²) in [5.41, 5.74) is 1.05. The van der Waals surface area contributed by atoms with Crippen molar-refractivity contribution in [2.45, 2.75) is 6.54 Å². The highest BCUT2D eigenvalue weighted by molar-refractivity contribution is 6.33. The maximum Gasteiger partial charge on any atom is 0.358 e. The number of hydrogen-bond donors (Lipinski definition) is 2. The molecule has 0 aliphatic heterocycles. The minimum Gasteiger partial charge on any atom is -0.476 e. The molecule has 0 bridgehead atoms. The summed E-state index contributed by atoms with van der Waals surface area (Å²) < 4.78 is 1.42. The van der Waals surface area contributed by atoms with Gasteiger partial charge in [0, 0.05) is 6.54 Å². The van der Waals surface area contributed by atoms with E-state index in [4.69, 9.17) is 22.0 Å². The number of anilines is 1. The van der Waals surface area contributed by atoms with E-state index >= 15 is 0 Å². The Balaban J connectivity index is 1.95. The fourth-order valence-electron chi connectivity index (χ4n) is 1.54. The Morgan fingerprint density at radius 3 is 3.00 bits per heavy atom. The van der Waals surface area contributed by atoms with Gasteiger partial charge >= 0.3 is 5.97 Å². The van der Waals surface area contributed by atoms with Crippen molar-refractivity contribution in [2.24, 2.45) is 0 Å². The van der Waals surface area contributed by atoms with Crippen molar-refractivity contribution in [3.8, 4) is 6.07 Å². The summed E-state index contributed by atoms with van der Waals surface area (Å²) in [7, 11) is 0. The predicted octanol–water partition coefficient (Wildman–Crippen LogP) is 1.61. The zero-order valence-corrected chi connectivity index (χ0v) is 11.0. The van der Waals surface area contributed by atoms with Crippen LogP contribution in [0.3, 0.4) is 0 Å². The molecule has 0 fully saturated rings. The molecule has 0 atom stereocenters. The average Bonchev–Trinajstić information content (AvgIpc) is 2.90. The zero-order chi connectivity index (χ0) is 14.5. The van der Waals surface area contributed by atoms with E-state index in [2.05, 4.69) is 15.6 Å². The summed E-state index contributed by atoms with van der Waals surface area (Å²) in [4.78, 5) is 10.6. The van der Waals surface area contributed by atoms with Crippen LogP contribution in [0.5, 0.6) is 0 Å². The lowest BCUT2D eigenvalue weighted by Gasteiger charge is -2.08. The fourth-order valence-corrected chi connectivity index (χ4v) is 1.73. The normalized spacial score (nSPS) is 10.0. The average molecular weight is 292 g/mol. The molecule has 0 radical (unpaired) electrons. The van der Waals surface area contributed by atoms with Crippen molar-refractivity contribution < 1.29 is 9.90 Å². The van der Waals surface area contributed by atoms with E-state index in [0.29, 0.717) is 29.4 Å². The molecule has 1 aromatic heterocycles. The lowest BCUT2D eigenvalue weighted by Crippen LogP contribution is -2.11. The number of nitrogens with one attached hydrogen (secondary N) is 1. The van der Waals surface area contributed by atoms with E-state index in [1.54, 1.807) is 18.2 Å². The molecule has 2 rings (SSSR count). The van der Waals surface area contributed by atoms with Gasteiger partial charge in [0.15, 0.2) is 5.69 Å². The van der Waals surface area contributed by atoms with E-state index in [9.17, 15) is 4.79 Å². The van der Waals surface area contributed by atoms with E-state index in [0.717, 1.165) is 0 Å². The molecule has 0 unspecified atom stereocenters. The summed E-state index contributed by atoms with van der Waals surface area (Å²) in [6.07, 6.45) is 1.34. The van der Waals surface area contributed by atoms with Crippen LogP contribution in [0.25, 0.3) is 0 Å². The van der Waals surface area contributed by atoms with Gasteiger partial charge in [0.2, 0.25) is 0 Å². The third-order valence-electron chi connectivity index (χ3n) is 2.51. The number of nitriles is 1. The van der Waals surface area contributed by atoms with Gasteiger partial charge in [0.25, 0.3) is 0 Å². The second kappa shape index (κ2) is 6.04. The van der Waals surface area contributed by atoms with Crippen LogP contribution in [0.4, 0.5) is 5.69 Å². The monoisotopic (exact) mass is 291 g/mol. The predicted molar refractivity (Wildman–Crippen MR) is 71.6 cm³/mol. The first-order chi connectivity index (χ1) is 9.60. The van der Waals surface area contributed by atoms with E-state index in [-0.39, 0.29) is 5.69 Å². The molecule has 1 heterocycles. The van der Waals surface area contributed by atoms with Gasteiger partial charge in [0.05, 0.1) is 35.1 Å². The number of carboxylic acid groups (broad SMARTS) is 1. The lowest BCUT2D eigenvalue weighted by molar-refractivity contribution is 0.0690. The molecule has 7 nitrogen and oxygen atoms in total. The van der Waals surface area contributed by atoms with Crippen LogP contribution in [-0.4, -0.2) is 32.6 Å². The Morgan fingerprint density at radius 2 is 2.35 bits per heavy atom. The molecular formula is C12H10ClN5O2. The molecule has 2 N–H and O–H groups in total. The minimum absolute atomic E-state index is 0.102. The van der Waals surface area contributed by atoms with E-state index in [1.807, 2.05) is 6.07 Å². The highest BCUT2D eigenvalue weighted by Gasteiger charge is 2.08. The third kappa shape index (κ3) is 3.24. The Bertz CT molecular complexity index is 677. The van der Waals surface area contributed by atoms with Crippen LogP contribution in [-0.2, 0) is 6.54 Å². The molecule has 1 aromatic carbocycles. The Hall–Kier alpha value is -2.59. The number of aromatic nitrogens is 3. The van der Waals surface area contributed by atoms with Crippen LogP contribution in [0.2, 0.25) is 5.02 Å². The first-order valence-corrected chi connectivity index (χ1v) is 6.05. The molecule has 8 heteroatoms. The Morgan fingerprint density at radius 1 is 1.55 bits per heavy atom. The largest absolute Gasteiger partial charge is 0.476 e. The molecule has 0 aliphatic carbocycles. The second-order valence-electron chi connectivity index (χ2n) is 3.91. The first kappa shape index (κ1) is 13.8. The number of aromatic carboxylic acids is 1. The van der Waals surface area contributed by atoms with Gasteiger partial charge in [0.1, 0.15) is 0 Å². The lowest BCUT2D eigenvalue weighted by atomic mass is 10.2. The summed E-state index contributed by atoms with van der Waals surface area (Å²) in [6.45, 7) is 0.893. The number of carboxylic acids is 1. The SMILES string of the molecule is N#Cc1ccc(Cl)c(NCCn2cc(C(=O)O)nn2)c1. The molecule has 20 heavy (non-hydrogen) atoms. The molecule has 102 valence electrons. The van der Waals surface area contributed by atoms with Crippen LogP contribution in [0.1, 0.15) is 16.1 Å². The topological polar surface area (TPSA) is 104 Å². The van der Waals surface area contributed by atoms with Crippen LogP contribution in [0.15, 0.2) is 24.4 Å². The van der Waals surface area contributed by atoms with Gasteiger partial charge in [-0.05, 0) is 18.2 Å². The highest BCUT2D eigenvalue weighted by atomic mass is 35.5. The molecule has 0 saturated heterocycles. The van der Waals surface area contributed by atoms with Crippen molar-refractivity contribution >= 4 is 23.3 Å². The number of carbonyl (C=O) groups is 1. The van der Waals surface area contributed by atoms with Crippen LogP contribution < -0.4 is 5.32 Å². The first-order valence-electron chi connectivity index (χ1n) is 5.67. The van der Waals surface area contributed by atoms with Gasteiger partial charge in [-0.1, -0.05) is 16.8 Å². The van der Waals surface area contributed by atoms with Crippen LogP contribution in [0, 0.1) is 11.3 Å². The standard InChI is InChI=1S/C12H10ClN5O2/c13-9-2-1-8(6-14)5-10(9)15-3-4-18-7-11(12(19)20)16-17-18/h1-2,5,7,15H,3-4H2,(H,19,20). The van der Waals surface area contributed by atoms with E-state index < -0.39 is 5.97 Å². The number of hydrogen-bond acceptors (Lipinski definition) is 5. The molecule has 0 spiro atoms. The minimum atomic E-state index is -1.12. The van der Waals surface area contributed by atoms with Gasteiger partial charge in [-0.25, -0.2) is 9.48 Å². The van der Waals surface area contributed by atoms with E-state index in [1.165, 1.54) is 10.9 Å². The van der Waals surface area contributed by atoms with Crippen molar-refractivity contribution in [1.82, 2.24) is 15.0 Å². The van der Waals surface area contributed by atoms with Crippen molar-refractivity contribution in [1.29, 1.82) is 5.26 Å². The van der Waals surface area contributed by atoms with Crippen molar-refractivity contribution in [2.75, 3.05) is 11.9 Å². The summed E-state index contributed by atoms with van der Waals surface area (Å²) in [6, 6.07) is 6.94. The van der Waals surface area contributed by atoms with Crippen LogP contribution >= 0.6 is 11.6 Å². The summed E-state index contributed by atoms with van der Waals surface area (Å²) >= 11 is 6.00. The maximum absolute atomic E-state index is 10.6. The fraction of sp³-hybridized carbons (Fsp3) is 0.167. The highest BCUT2D eigenvalue weighted by Crippen LogP contribution is 2.22. The van der Waals surface area contributed by atoms with Gasteiger partial charge in [-0.15, -0.1) is 5.10 Å². The summed E-state index contributed by atoms with van der Waals surface area (Å²) in [5, 5.41) is 28.3. The third-order valence-corrected chi connectivity index (χ3v) is 2.84. The Kier molecular flexibility index (Phi) is 4.17. The molecular weight excluding hydrogens is 282 g/mol.